The van der Waals surface area contributed by atoms with E-state index in [1.807, 2.05) is 44.2 Å². The van der Waals surface area contributed by atoms with Crippen LogP contribution in [0.5, 0.6) is 11.5 Å². The molecule has 3 aromatic rings. The Kier molecular flexibility index (Phi) is 63.5. The maximum atomic E-state index is 12.8. The van der Waals surface area contributed by atoms with Crippen molar-refractivity contribution in [1.82, 2.24) is 0 Å². The number of Topliss-reactive ketones (excluding diaryl/α,β-unsaturated/α-hetero) is 5. The minimum absolute atomic E-state index is 0.0472. The van der Waals surface area contributed by atoms with Gasteiger partial charge in [-0.2, -0.15) is 0 Å². The number of hydrogen-bond acceptors (Lipinski definition) is 16. The Morgan fingerprint density at radius 2 is 0.908 bits per heavy atom. The third-order valence-corrected chi connectivity index (χ3v) is 16.9. The molecule has 1 saturated carbocycles. The number of rotatable bonds is 40. The van der Waals surface area contributed by atoms with Crippen molar-refractivity contribution in [3.05, 3.63) is 215 Å². The predicted octanol–water partition coefficient (Wildman–Crippen LogP) is 15.7. The second-order valence-electron chi connectivity index (χ2n) is 28.3. The summed E-state index contributed by atoms with van der Waals surface area (Å²) in [7, 11) is 1.61. The van der Waals surface area contributed by atoms with Crippen LogP contribution in [0.4, 0.5) is 4.39 Å². The molecule has 11 atom stereocenters. The molecule has 4 rings (SSSR count). The van der Waals surface area contributed by atoms with E-state index in [-0.39, 0.29) is 59.3 Å². The quantitative estimate of drug-likeness (QED) is 0.0145. The molecule has 0 aliphatic heterocycles. The van der Waals surface area contributed by atoms with Crippen molar-refractivity contribution in [1.29, 1.82) is 0 Å². The van der Waals surface area contributed by atoms with Crippen molar-refractivity contribution in [3.63, 3.8) is 0 Å². The van der Waals surface area contributed by atoms with Crippen LogP contribution in [0.25, 0.3) is 0 Å². The normalized spacial score (nSPS) is 15.0. The monoisotopic (exact) mass is 1660 g/mol. The fraction of sp³-hybridized carbons (Fsp3) is 0.410. The van der Waals surface area contributed by atoms with Crippen LogP contribution in [0.3, 0.4) is 0 Å². The molecule has 16 nitrogen and oxygen atoms in total. The number of aliphatic hydroxyl groups excluding tert-OH is 9. The molecule has 1 fully saturated rings. The lowest BCUT2D eigenvalue weighted by Crippen LogP contribution is -2.22. The molecule has 0 heterocycles. The maximum absolute atomic E-state index is 12.8. The second-order valence-corrected chi connectivity index (χ2v) is 29.2. The zero-order chi connectivity index (χ0) is 88.9. The number of ether oxygens (including phenoxy) is 2. The fourth-order valence-corrected chi connectivity index (χ4v) is 10.3. The van der Waals surface area contributed by atoms with E-state index in [9.17, 15) is 74.3 Å². The Hall–Kier alpha value is -10.4. The largest absolute Gasteiger partial charge is 0.497 e. The highest BCUT2D eigenvalue weighted by Gasteiger charge is 2.40. The van der Waals surface area contributed by atoms with E-state index in [1.165, 1.54) is 51.1 Å². The van der Waals surface area contributed by atoms with Crippen LogP contribution in [0.2, 0.25) is 10.0 Å². The molecule has 19 heteroatoms. The number of allylic oxidation sites excluding steroid dienone is 15. The molecule has 9 N–H and O–H groups in total. The van der Waals surface area contributed by atoms with Crippen LogP contribution in [0, 0.1) is 119 Å². The van der Waals surface area contributed by atoms with Crippen molar-refractivity contribution < 1.29 is 83.8 Å². The van der Waals surface area contributed by atoms with Gasteiger partial charge >= 0.3 is 0 Å². The van der Waals surface area contributed by atoms with Gasteiger partial charge in [0.15, 0.2) is 0 Å². The summed E-state index contributed by atoms with van der Waals surface area (Å²) in [6, 6.07) is 18.1. The third-order valence-electron chi connectivity index (χ3n) is 16.1. The van der Waals surface area contributed by atoms with Crippen molar-refractivity contribution in [3.8, 4) is 107 Å². The average molecular weight is 1670 g/mol. The van der Waals surface area contributed by atoms with Gasteiger partial charge in [-0.1, -0.05) is 205 Å². The lowest BCUT2D eigenvalue weighted by Gasteiger charge is -2.23. The molecule has 1 aliphatic rings. The van der Waals surface area contributed by atoms with Crippen molar-refractivity contribution in [2.75, 3.05) is 13.7 Å². The topological polar surface area (TPSA) is 286 Å². The van der Waals surface area contributed by atoms with Gasteiger partial charge in [-0.25, -0.2) is 4.39 Å². The summed E-state index contributed by atoms with van der Waals surface area (Å²) < 4.78 is 23.2. The van der Waals surface area contributed by atoms with E-state index >= 15 is 0 Å². The Labute approximate surface area is 717 Å². The first kappa shape index (κ1) is 109. The number of terminal acetylenes is 2. The molecule has 0 spiro atoms. The van der Waals surface area contributed by atoms with Gasteiger partial charge < -0.3 is 79.4 Å². The van der Waals surface area contributed by atoms with Gasteiger partial charge in [-0.3, -0.25) is 0 Å². The SMILES string of the molecule is C#CC[C@@H](O)/C=C/C=C/C#CCCCCC(C)=O.C#CC[C@@H](O)/C=C/C=C/[C@@H]1C[C@@H]1[C@@H](O)CCCC(C)=O.CC(=O)CC(C)(C)C[C@H](O)C#C/C=C/C=C/[C@H](O)COc1ccc(F)cc1.CC(=O)CCC[C@H](O)C#C/C=C/C=C/[C@H](O)CC#Cc1ccc(Cl)c(Cl)c1.COc1ccc(C#CC[C@@H](O)/C=C/C=C/C#C[C@@H](O)CCCC(C)=O)cc1. The lowest BCUT2D eigenvalue weighted by atomic mass is 9.82. The second kappa shape index (κ2) is 69.6. The van der Waals surface area contributed by atoms with E-state index < -0.39 is 48.8 Å². The van der Waals surface area contributed by atoms with Crippen molar-refractivity contribution in [2.24, 2.45) is 17.3 Å². The number of hydrogen-bond donors (Lipinski definition) is 9. The molecule has 636 valence electrons. The Morgan fingerprint density at radius 3 is 1.37 bits per heavy atom. The minimum Gasteiger partial charge on any atom is -0.497 e. The Morgan fingerprint density at radius 1 is 0.487 bits per heavy atom. The van der Waals surface area contributed by atoms with E-state index in [1.54, 1.807) is 142 Å². The van der Waals surface area contributed by atoms with Gasteiger partial charge in [-0.15, -0.1) is 24.7 Å². The fourth-order valence-electron chi connectivity index (χ4n) is 10.0. The number of carbonyl (C=O) groups is 5. The smallest absolute Gasteiger partial charge is 0.130 e. The third kappa shape index (κ3) is 68.3. The highest BCUT2D eigenvalue weighted by Crippen LogP contribution is 2.43. The summed E-state index contributed by atoms with van der Waals surface area (Å²) >= 11 is 11.8. The van der Waals surface area contributed by atoms with Crippen LogP contribution in [0.15, 0.2) is 188 Å². The standard InChI is InChI=1S/C23H26O4.C22H22Cl2O3.C22H27FO4.C17H24O3.C16H20O2/c1-19(24)9-7-13-21(25)11-5-3-4-6-12-22(26)14-8-10-20-15-17-23(27-2)18-16-20;1-17(25)8-6-12-19(26)10-4-2-3-5-11-20(27)13-7-9-18-14-15-21(23)22(24)16-18;1-17(24)14-22(2,3)15-19(25)8-6-4-5-7-9-20(26)16-27-21-12-10-18(23)11-13-21;1-3-7-15(19)10-5-4-9-14-12-16(14)17(20)11-6-8-13(2)18;1-3-12-16(18)14-11-9-7-5-4-6-8-10-13-15(2)17/h3-4,6,12,15-18,21-22,25-26H,7,9,13-14H2,1-2H3;2-3,5,11,14-16,19-20,26-27H,6,8,12-13H2,1H3;4-5,7,9-13,19-20,25-26H,14-16H2,1-3H3;1,4-5,9-10,14-17,19-20H,6-8,11-12H2,2H3;1,7,9,11,14,16,18H,6,8,10,12-13H2,2H3/b4-3+,12-6+;3-2+,11-5+;5-4+,9-7+;9-4+,10-5+;9-7+,14-11+/t21-,22+;2*19-,20+;14-,15-,16+,17+;16-/m11111/s1. The minimum atomic E-state index is -0.814. The molecule has 1 aliphatic carbocycles. The predicted molar refractivity (Wildman–Crippen MR) is 476 cm³/mol. The van der Waals surface area contributed by atoms with Crippen molar-refractivity contribution >= 4 is 52.1 Å². The molecular formula is C100H119Cl2FO16. The first-order valence-electron chi connectivity index (χ1n) is 39.4. The summed E-state index contributed by atoms with van der Waals surface area (Å²) in [5.74, 6) is 41.0. The number of halogens is 3. The number of carbonyl (C=O) groups excluding carboxylic acids is 5. The molecular weight excluding hydrogens is 1550 g/mol. The number of methoxy groups -OCH3 is 1. The lowest BCUT2D eigenvalue weighted by molar-refractivity contribution is -0.119. The summed E-state index contributed by atoms with van der Waals surface area (Å²) in [6.45, 7) is 11.7. The zero-order valence-corrected chi connectivity index (χ0v) is 71.3. The highest BCUT2D eigenvalue weighted by molar-refractivity contribution is 6.42. The van der Waals surface area contributed by atoms with Crippen LogP contribution in [-0.4, -0.2) is 144 Å². The first-order valence-corrected chi connectivity index (χ1v) is 40.2. The van der Waals surface area contributed by atoms with Crippen LogP contribution in [0.1, 0.15) is 188 Å². The van der Waals surface area contributed by atoms with E-state index in [0.29, 0.717) is 118 Å². The Bertz CT molecular complexity index is 4320. The molecule has 0 aromatic heterocycles. The van der Waals surface area contributed by atoms with Crippen LogP contribution >= 0.6 is 23.2 Å². The number of unbranched alkanes of at least 4 members (excludes halogenated alkanes) is 2. The summed E-state index contributed by atoms with van der Waals surface area (Å²) in [6.07, 6.45) is 49.6. The number of benzene rings is 3. The van der Waals surface area contributed by atoms with Crippen molar-refractivity contribution in [2.45, 2.75) is 232 Å². The molecule has 0 bridgehead atoms. The molecule has 0 unspecified atom stereocenters. The van der Waals surface area contributed by atoms with E-state index in [0.717, 1.165) is 49.0 Å². The highest BCUT2D eigenvalue weighted by atomic mass is 35.5. The molecule has 0 radical (unpaired) electrons. The molecule has 0 saturated heterocycles. The Balaban J connectivity index is 0.00000148. The molecule has 3 aromatic carbocycles. The average Bonchev–Trinajstić information content (AvgIpc) is 1.68. The van der Waals surface area contributed by atoms with E-state index in [4.69, 9.17) is 45.5 Å². The summed E-state index contributed by atoms with van der Waals surface area (Å²) in [4.78, 5) is 54.3. The summed E-state index contributed by atoms with van der Waals surface area (Å²) in [5, 5.41) is 88.2. The molecule has 119 heavy (non-hydrogen) atoms. The van der Waals surface area contributed by atoms with E-state index in [2.05, 4.69) is 89.0 Å². The van der Waals surface area contributed by atoms with Crippen LogP contribution in [-0.2, 0) is 24.0 Å². The van der Waals surface area contributed by atoms with Gasteiger partial charge in [0, 0.05) is 75.3 Å². The van der Waals surface area contributed by atoms with Crippen LogP contribution < -0.4 is 9.47 Å². The number of aliphatic hydroxyl groups is 9. The maximum Gasteiger partial charge on any atom is 0.130 e. The van der Waals surface area contributed by atoms with Gasteiger partial charge in [0.25, 0.3) is 0 Å². The van der Waals surface area contributed by atoms with Gasteiger partial charge in [0.05, 0.1) is 47.7 Å². The van der Waals surface area contributed by atoms with Gasteiger partial charge in [0.1, 0.15) is 77.3 Å². The van der Waals surface area contributed by atoms with Gasteiger partial charge in [-0.05, 0) is 207 Å². The van der Waals surface area contributed by atoms with Gasteiger partial charge in [0.2, 0.25) is 0 Å². The molecule has 0 amide bonds. The first-order chi connectivity index (χ1) is 56.8. The zero-order valence-electron chi connectivity index (χ0n) is 69.8. The number of ketones is 5. The summed E-state index contributed by atoms with van der Waals surface area (Å²) in [5.41, 5.74) is 1.31.